The average Bonchev–Trinajstić information content (AvgIpc) is 2.70. The van der Waals surface area contributed by atoms with Gasteiger partial charge in [-0.15, -0.1) is 0 Å². The second-order valence-corrected chi connectivity index (χ2v) is 5.78. The van der Waals surface area contributed by atoms with Crippen LogP contribution < -0.4 is 0 Å². The molecule has 2 aliphatic rings. The number of aryl methyl sites for hydroxylation is 1. The molecule has 1 atom stereocenters. The number of morpholine rings is 1. The maximum Gasteiger partial charge on any atom is 0.164 e. The maximum atomic E-state index is 12.0. The summed E-state index contributed by atoms with van der Waals surface area (Å²) in [6.45, 7) is 3.64. The zero-order chi connectivity index (χ0) is 13.2. The van der Waals surface area contributed by atoms with E-state index in [1.807, 2.05) is 6.20 Å². The molecule has 19 heavy (non-hydrogen) atoms. The number of ether oxygens (including phenoxy) is 1. The Morgan fingerprint density at radius 2 is 2.16 bits per heavy atom. The summed E-state index contributed by atoms with van der Waals surface area (Å²) in [5.41, 5.74) is 2.17. The van der Waals surface area contributed by atoms with Crippen LogP contribution in [0.1, 0.15) is 35.2 Å². The minimum absolute atomic E-state index is 0.241. The van der Waals surface area contributed by atoms with Crippen LogP contribution in [0.5, 0.6) is 0 Å². The van der Waals surface area contributed by atoms with Crippen molar-refractivity contribution in [1.82, 2.24) is 9.47 Å². The highest BCUT2D eigenvalue weighted by molar-refractivity contribution is 5.97. The molecule has 1 aliphatic carbocycles. The lowest BCUT2D eigenvalue weighted by Crippen LogP contribution is -2.41. The Hall–Kier alpha value is -1.13. The summed E-state index contributed by atoms with van der Waals surface area (Å²) in [7, 11) is 2.13. The number of rotatable bonds is 2. The third-order valence-corrected chi connectivity index (χ3v) is 4.12. The standard InChI is InChI=1S/C15H22N2O2/c1-16-6-7-19-13(9-16)10-17-8-12-4-2-3-5-15(18)14(12)11-17/h8,11,13H,2-7,9-10H2,1H3. The highest BCUT2D eigenvalue weighted by Gasteiger charge is 2.21. The Morgan fingerprint density at radius 1 is 1.32 bits per heavy atom. The van der Waals surface area contributed by atoms with Gasteiger partial charge in [0.05, 0.1) is 12.7 Å². The fourth-order valence-corrected chi connectivity index (χ4v) is 3.06. The molecular weight excluding hydrogens is 240 g/mol. The molecule has 1 saturated heterocycles. The SMILES string of the molecule is CN1CCOC(Cn2cc3c(c2)C(=O)CCCC3)C1. The van der Waals surface area contributed by atoms with Crippen LogP contribution in [0.4, 0.5) is 0 Å². The smallest absolute Gasteiger partial charge is 0.164 e. The number of carbonyl (C=O) groups excluding carboxylic acids is 1. The first-order valence-electron chi connectivity index (χ1n) is 7.24. The van der Waals surface area contributed by atoms with Crippen molar-refractivity contribution in [1.29, 1.82) is 0 Å². The molecule has 1 aromatic heterocycles. The van der Waals surface area contributed by atoms with Gasteiger partial charge >= 0.3 is 0 Å². The van der Waals surface area contributed by atoms with Crippen LogP contribution in [-0.4, -0.2) is 48.1 Å². The molecule has 4 nitrogen and oxygen atoms in total. The predicted octanol–water partition coefficient (Wildman–Crippen LogP) is 1.73. The van der Waals surface area contributed by atoms with E-state index in [2.05, 4.69) is 22.7 Å². The highest BCUT2D eigenvalue weighted by atomic mass is 16.5. The normalized spacial score (nSPS) is 25.1. The number of hydrogen-bond acceptors (Lipinski definition) is 3. The van der Waals surface area contributed by atoms with Crippen LogP contribution in [-0.2, 0) is 17.7 Å². The van der Waals surface area contributed by atoms with Crippen molar-refractivity contribution in [2.75, 3.05) is 26.7 Å². The number of likely N-dealkylation sites (N-methyl/N-ethyl adjacent to an activating group) is 1. The lowest BCUT2D eigenvalue weighted by atomic mass is 10.1. The van der Waals surface area contributed by atoms with Crippen LogP contribution >= 0.6 is 0 Å². The quantitative estimate of drug-likeness (QED) is 0.761. The predicted molar refractivity (Wildman–Crippen MR) is 73.6 cm³/mol. The highest BCUT2D eigenvalue weighted by Crippen LogP contribution is 2.22. The summed E-state index contributed by atoms with van der Waals surface area (Å²) in [4.78, 5) is 14.3. The van der Waals surface area contributed by atoms with Gasteiger partial charge in [0.15, 0.2) is 5.78 Å². The van der Waals surface area contributed by atoms with E-state index in [9.17, 15) is 4.79 Å². The first kappa shape index (κ1) is 12.9. The zero-order valence-electron chi connectivity index (χ0n) is 11.6. The molecule has 0 saturated carbocycles. The van der Waals surface area contributed by atoms with Crippen LogP contribution in [0.15, 0.2) is 12.4 Å². The molecule has 0 amide bonds. The molecule has 1 aromatic rings. The Labute approximate surface area is 114 Å². The van der Waals surface area contributed by atoms with E-state index >= 15 is 0 Å². The first-order valence-corrected chi connectivity index (χ1v) is 7.24. The summed E-state index contributed by atoms with van der Waals surface area (Å²) in [5.74, 6) is 0.313. The number of nitrogens with zero attached hydrogens (tertiary/aromatic N) is 2. The summed E-state index contributed by atoms with van der Waals surface area (Å²) in [6.07, 6.45) is 8.33. The molecular formula is C15H22N2O2. The lowest BCUT2D eigenvalue weighted by Gasteiger charge is -2.30. The topological polar surface area (TPSA) is 34.5 Å². The van der Waals surface area contributed by atoms with Gasteiger partial charge in [-0.25, -0.2) is 0 Å². The Morgan fingerprint density at radius 3 is 3.00 bits per heavy atom. The van der Waals surface area contributed by atoms with Gasteiger partial charge in [-0.1, -0.05) is 0 Å². The van der Waals surface area contributed by atoms with Crippen molar-refractivity contribution in [2.45, 2.75) is 38.3 Å². The van der Waals surface area contributed by atoms with Gasteiger partial charge in [-0.05, 0) is 31.9 Å². The van der Waals surface area contributed by atoms with E-state index in [0.717, 1.165) is 51.1 Å². The number of aromatic nitrogens is 1. The van der Waals surface area contributed by atoms with Gasteiger partial charge in [0.1, 0.15) is 0 Å². The average molecular weight is 262 g/mol. The molecule has 1 aliphatic heterocycles. The van der Waals surface area contributed by atoms with E-state index in [0.29, 0.717) is 12.2 Å². The maximum absolute atomic E-state index is 12.0. The number of hydrogen-bond donors (Lipinski definition) is 0. The minimum atomic E-state index is 0.241. The lowest BCUT2D eigenvalue weighted by molar-refractivity contribution is -0.0274. The molecule has 4 heteroatoms. The third kappa shape index (κ3) is 2.90. The molecule has 0 N–H and O–H groups in total. The minimum Gasteiger partial charge on any atom is -0.374 e. The van der Waals surface area contributed by atoms with Crippen molar-refractivity contribution >= 4 is 5.78 Å². The molecule has 2 heterocycles. The van der Waals surface area contributed by atoms with Crippen LogP contribution in [0.25, 0.3) is 0 Å². The summed E-state index contributed by atoms with van der Waals surface area (Å²) >= 11 is 0. The van der Waals surface area contributed by atoms with Gasteiger partial charge in [0.2, 0.25) is 0 Å². The molecule has 0 radical (unpaired) electrons. The van der Waals surface area contributed by atoms with Gasteiger partial charge in [-0.2, -0.15) is 0 Å². The molecule has 1 fully saturated rings. The summed E-state index contributed by atoms with van der Waals surface area (Å²) < 4.78 is 7.94. The van der Waals surface area contributed by atoms with Crippen molar-refractivity contribution in [2.24, 2.45) is 0 Å². The van der Waals surface area contributed by atoms with E-state index in [-0.39, 0.29) is 6.10 Å². The van der Waals surface area contributed by atoms with E-state index in [4.69, 9.17) is 4.74 Å². The van der Waals surface area contributed by atoms with E-state index < -0.39 is 0 Å². The largest absolute Gasteiger partial charge is 0.374 e. The summed E-state index contributed by atoms with van der Waals surface area (Å²) in [6, 6.07) is 0. The van der Waals surface area contributed by atoms with Gasteiger partial charge in [0.25, 0.3) is 0 Å². The van der Waals surface area contributed by atoms with Crippen molar-refractivity contribution < 1.29 is 9.53 Å². The van der Waals surface area contributed by atoms with Crippen LogP contribution in [0.2, 0.25) is 0 Å². The van der Waals surface area contributed by atoms with Crippen molar-refractivity contribution in [3.8, 4) is 0 Å². The number of ketones is 1. The fraction of sp³-hybridized carbons (Fsp3) is 0.667. The number of Topliss-reactive ketones (excluding diaryl/α,β-unsaturated/α-hetero) is 1. The van der Waals surface area contributed by atoms with E-state index in [1.165, 1.54) is 5.56 Å². The Bertz CT molecular complexity index is 467. The van der Waals surface area contributed by atoms with Gasteiger partial charge < -0.3 is 14.2 Å². The monoisotopic (exact) mass is 262 g/mol. The van der Waals surface area contributed by atoms with Crippen molar-refractivity contribution in [3.05, 3.63) is 23.5 Å². The second-order valence-electron chi connectivity index (χ2n) is 5.78. The fourth-order valence-electron chi connectivity index (χ4n) is 3.06. The van der Waals surface area contributed by atoms with Crippen molar-refractivity contribution in [3.63, 3.8) is 0 Å². The summed E-state index contributed by atoms with van der Waals surface area (Å²) in [5, 5.41) is 0. The Balaban J connectivity index is 1.72. The van der Waals surface area contributed by atoms with Crippen LogP contribution in [0.3, 0.4) is 0 Å². The molecule has 1 unspecified atom stereocenters. The number of carbonyl (C=O) groups is 1. The molecule has 0 bridgehead atoms. The van der Waals surface area contributed by atoms with Gasteiger partial charge in [0, 0.05) is 44.0 Å². The van der Waals surface area contributed by atoms with Gasteiger partial charge in [-0.3, -0.25) is 4.79 Å². The Kier molecular flexibility index (Phi) is 3.71. The molecule has 0 aromatic carbocycles. The van der Waals surface area contributed by atoms with E-state index in [1.54, 1.807) is 0 Å². The molecule has 104 valence electrons. The molecule has 3 rings (SSSR count). The zero-order valence-corrected chi connectivity index (χ0v) is 11.6. The number of fused-ring (bicyclic) bond motifs is 1. The third-order valence-electron chi connectivity index (χ3n) is 4.12. The first-order chi connectivity index (χ1) is 9.22. The second kappa shape index (κ2) is 5.47. The molecule has 0 spiro atoms. The van der Waals surface area contributed by atoms with Crippen LogP contribution in [0, 0.1) is 0 Å².